The minimum Gasteiger partial charge on any atom is -0.481 e. The van der Waals surface area contributed by atoms with Gasteiger partial charge in [0.15, 0.2) is 0 Å². The van der Waals surface area contributed by atoms with Gasteiger partial charge in [-0.1, -0.05) is 48.4 Å². The molecule has 0 radical (unpaired) electrons. The largest absolute Gasteiger partial charge is 0.481 e. The summed E-state index contributed by atoms with van der Waals surface area (Å²) in [5.74, 6) is -1.46. The third-order valence-electron chi connectivity index (χ3n) is 4.75. The topological polar surface area (TPSA) is 57.5 Å². The van der Waals surface area contributed by atoms with Crippen molar-refractivity contribution in [2.75, 3.05) is 0 Å². The Kier molecular flexibility index (Phi) is 3.62. The van der Waals surface area contributed by atoms with Gasteiger partial charge in [0.25, 0.3) is 0 Å². The number of aliphatic carboxylic acids is 1. The number of rotatable bonds is 2. The van der Waals surface area contributed by atoms with E-state index in [0.717, 1.165) is 31.2 Å². The van der Waals surface area contributed by atoms with Crippen molar-refractivity contribution >= 4 is 5.97 Å². The van der Waals surface area contributed by atoms with Crippen molar-refractivity contribution < 1.29 is 15.0 Å². The lowest BCUT2D eigenvalue weighted by molar-refractivity contribution is -0.146. The van der Waals surface area contributed by atoms with E-state index in [-0.39, 0.29) is 11.8 Å². The van der Waals surface area contributed by atoms with Crippen molar-refractivity contribution in [3.63, 3.8) is 0 Å². The Morgan fingerprint density at radius 2 is 1.90 bits per heavy atom. The van der Waals surface area contributed by atoms with Crippen molar-refractivity contribution in [1.82, 2.24) is 0 Å². The molecule has 3 rings (SSSR count). The summed E-state index contributed by atoms with van der Waals surface area (Å²) in [6.07, 6.45) is 5.26. The fraction of sp³-hybridized carbons (Fsp3) is 0.471. The van der Waals surface area contributed by atoms with Gasteiger partial charge in [0.2, 0.25) is 0 Å². The number of aliphatic hydroxyl groups excluding tert-OH is 1. The van der Waals surface area contributed by atoms with Gasteiger partial charge in [0, 0.05) is 5.92 Å². The highest BCUT2D eigenvalue weighted by molar-refractivity contribution is 5.73. The molecule has 0 aliphatic heterocycles. The van der Waals surface area contributed by atoms with Gasteiger partial charge in [-0.2, -0.15) is 0 Å². The number of benzene rings is 1. The molecule has 106 valence electrons. The molecule has 0 heterocycles. The van der Waals surface area contributed by atoms with Crippen LogP contribution in [0, 0.1) is 11.8 Å². The SMILES string of the molecule is O=C(O)C1C(O)C=C2CCCCC2C1c1ccccc1. The number of carboxylic acid groups (broad SMARTS) is 1. The fourth-order valence-electron chi connectivity index (χ4n) is 3.88. The average Bonchev–Trinajstić information content (AvgIpc) is 2.46. The molecule has 0 amide bonds. The Morgan fingerprint density at radius 3 is 2.60 bits per heavy atom. The molecule has 4 atom stereocenters. The van der Waals surface area contributed by atoms with Crippen LogP contribution in [0.3, 0.4) is 0 Å². The average molecular weight is 272 g/mol. The Labute approximate surface area is 118 Å². The molecule has 0 aromatic heterocycles. The first-order chi connectivity index (χ1) is 9.68. The molecule has 1 saturated carbocycles. The molecule has 0 saturated heterocycles. The quantitative estimate of drug-likeness (QED) is 0.814. The Hall–Kier alpha value is -1.61. The normalized spacial score (nSPS) is 33.1. The van der Waals surface area contributed by atoms with Crippen LogP contribution in [0.2, 0.25) is 0 Å². The number of fused-ring (bicyclic) bond motifs is 1. The van der Waals surface area contributed by atoms with Crippen LogP contribution < -0.4 is 0 Å². The van der Waals surface area contributed by atoms with Crippen LogP contribution >= 0.6 is 0 Å². The van der Waals surface area contributed by atoms with Gasteiger partial charge >= 0.3 is 5.97 Å². The molecule has 0 bridgehead atoms. The number of carbonyl (C=O) groups is 1. The zero-order valence-electron chi connectivity index (χ0n) is 11.4. The molecule has 2 aliphatic rings. The van der Waals surface area contributed by atoms with Crippen molar-refractivity contribution in [1.29, 1.82) is 0 Å². The molecule has 0 spiro atoms. The molecule has 1 fully saturated rings. The molecule has 1 aromatic rings. The van der Waals surface area contributed by atoms with Crippen LogP contribution in [0.5, 0.6) is 0 Å². The van der Waals surface area contributed by atoms with E-state index in [1.54, 1.807) is 0 Å². The maximum Gasteiger partial charge on any atom is 0.310 e. The van der Waals surface area contributed by atoms with E-state index in [0.29, 0.717) is 0 Å². The molecule has 4 unspecified atom stereocenters. The minimum atomic E-state index is -0.896. The van der Waals surface area contributed by atoms with Crippen LogP contribution in [0.25, 0.3) is 0 Å². The second kappa shape index (κ2) is 5.41. The highest BCUT2D eigenvalue weighted by atomic mass is 16.4. The summed E-state index contributed by atoms with van der Waals surface area (Å²) < 4.78 is 0. The number of allylic oxidation sites excluding steroid dienone is 1. The summed E-state index contributed by atoms with van der Waals surface area (Å²) in [5.41, 5.74) is 2.30. The van der Waals surface area contributed by atoms with Gasteiger partial charge in [-0.15, -0.1) is 0 Å². The Bertz CT molecular complexity index is 520. The number of aliphatic hydroxyl groups is 1. The fourth-order valence-corrected chi connectivity index (χ4v) is 3.88. The molecule has 2 N–H and O–H groups in total. The van der Waals surface area contributed by atoms with Crippen LogP contribution in [0.4, 0.5) is 0 Å². The molecule has 3 heteroatoms. The molecular weight excluding hydrogens is 252 g/mol. The lowest BCUT2D eigenvalue weighted by Gasteiger charge is -2.41. The van der Waals surface area contributed by atoms with Crippen LogP contribution in [-0.2, 0) is 4.79 Å². The van der Waals surface area contributed by atoms with E-state index in [9.17, 15) is 15.0 Å². The molecule has 2 aliphatic carbocycles. The van der Waals surface area contributed by atoms with E-state index in [4.69, 9.17) is 0 Å². The summed E-state index contributed by atoms with van der Waals surface area (Å²) in [6.45, 7) is 0. The number of hydrogen-bond acceptors (Lipinski definition) is 2. The Balaban J connectivity index is 2.05. The molecule has 3 nitrogen and oxygen atoms in total. The lowest BCUT2D eigenvalue weighted by atomic mass is 9.63. The van der Waals surface area contributed by atoms with Gasteiger partial charge in [-0.05, 0) is 30.7 Å². The summed E-state index contributed by atoms with van der Waals surface area (Å²) in [4.78, 5) is 11.6. The molecule has 20 heavy (non-hydrogen) atoms. The summed E-state index contributed by atoms with van der Waals surface area (Å²) in [6, 6.07) is 9.81. The second-order valence-electron chi connectivity index (χ2n) is 5.88. The first kappa shape index (κ1) is 13.4. The monoisotopic (exact) mass is 272 g/mol. The van der Waals surface area contributed by atoms with Gasteiger partial charge in [0.05, 0.1) is 12.0 Å². The standard InChI is InChI=1S/C17H20O3/c18-14-10-12-8-4-5-9-13(12)15(16(14)17(19)20)11-6-2-1-3-7-11/h1-3,6-7,10,13-16,18H,4-5,8-9H2,(H,19,20). The number of hydrogen-bond donors (Lipinski definition) is 2. The van der Waals surface area contributed by atoms with Crippen molar-refractivity contribution in [3.8, 4) is 0 Å². The highest BCUT2D eigenvalue weighted by Crippen LogP contribution is 2.48. The van der Waals surface area contributed by atoms with Gasteiger partial charge < -0.3 is 10.2 Å². The Morgan fingerprint density at radius 1 is 1.15 bits per heavy atom. The van der Waals surface area contributed by atoms with Crippen LogP contribution in [0.15, 0.2) is 42.0 Å². The van der Waals surface area contributed by atoms with Crippen molar-refractivity contribution in [2.24, 2.45) is 11.8 Å². The smallest absolute Gasteiger partial charge is 0.310 e. The predicted molar refractivity (Wildman–Crippen MR) is 76.4 cm³/mol. The van der Waals surface area contributed by atoms with Crippen molar-refractivity contribution in [2.45, 2.75) is 37.7 Å². The summed E-state index contributed by atoms with van der Waals surface area (Å²) in [7, 11) is 0. The summed E-state index contributed by atoms with van der Waals surface area (Å²) >= 11 is 0. The predicted octanol–water partition coefficient (Wildman–Crippen LogP) is 2.96. The van der Waals surface area contributed by atoms with E-state index >= 15 is 0 Å². The zero-order valence-corrected chi connectivity index (χ0v) is 11.4. The van der Waals surface area contributed by atoms with Crippen molar-refractivity contribution in [3.05, 3.63) is 47.5 Å². The first-order valence-corrected chi connectivity index (χ1v) is 7.35. The minimum absolute atomic E-state index is 0.107. The van der Waals surface area contributed by atoms with Gasteiger partial charge in [-0.25, -0.2) is 0 Å². The molecule has 1 aromatic carbocycles. The van der Waals surface area contributed by atoms with E-state index in [2.05, 4.69) is 0 Å². The van der Waals surface area contributed by atoms with Gasteiger partial charge in [0.1, 0.15) is 0 Å². The van der Waals surface area contributed by atoms with Crippen LogP contribution in [-0.4, -0.2) is 22.3 Å². The summed E-state index contributed by atoms with van der Waals surface area (Å²) in [5, 5.41) is 19.8. The maximum atomic E-state index is 11.6. The van der Waals surface area contributed by atoms with Gasteiger partial charge in [-0.3, -0.25) is 4.79 Å². The number of carboxylic acids is 1. The van der Waals surface area contributed by atoms with E-state index in [1.165, 1.54) is 5.57 Å². The highest BCUT2D eigenvalue weighted by Gasteiger charge is 2.44. The first-order valence-electron chi connectivity index (χ1n) is 7.35. The molecular formula is C17H20O3. The second-order valence-corrected chi connectivity index (χ2v) is 5.88. The van der Waals surface area contributed by atoms with Crippen LogP contribution in [0.1, 0.15) is 37.2 Å². The maximum absolute atomic E-state index is 11.6. The van der Waals surface area contributed by atoms with E-state index in [1.807, 2.05) is 36.4 Å². The van der Waals surface area contributed by atoms with E-state index < -0.39 is 18.0 Å². The third-order valence-corrected chi connectivity index (χ3v) is 4.75. The lowest BCUT2D eigenvalue weighted by Crippen LogP contribution is -2.41. The third kappa shape index (κ3) is 2.27. The zero-order chi connectivity index (χ0) is 14.1.